The van der Waals surface area contributed by atoms with Crippen molar-refractivity contribution >= 4 is 29.0 Å². The number of methoxy groups -OCH3 is 4. The van der Waals surface area contributed by atoms with E-state index in [9.17, 15) is 9.59 Å². The van der Waals surface area contributed by atoms with Crippen LogP contribution in [0.1, 0.15) is 21.9 Å². The Balaban J connectivity index is 2.15. The predicted octanol–water partition coefficient (Wildman–Crippen LogP) is 3.02. The lowest BCUT2D eigenvalue weighted by Gasteiger charge is -2.23. The zero-order chi connectivity index (χ0) is 21.2. The molecule has 0 saturated heterocycles. The van der Waals surface area contributed by atoms with Crippen molar-refractivity contribution in [3.05, 3.63) is 34.3 Å². The smallest absolute Gasteiger partial charge is 0.357 e. The summed E-state index contributed by atoms with van der Waals surface area (Å²) in [6, 6.07) is 4.81. The van der Waals surface area contributed by atoms with Crippen molar-refractivity contribution in [2.75, 3.05) is 46.9 Å². The highest BCUT2D eigenvalue weighted by atomic mass is 32.1. The second-order valence-corrected chi connectivity index (χ2v) is 6.82. The minimum atomic E-state index is -0.508. The summed E-state index contributed by atoms with van der Waals surface area (Å²) in [5.41, 5.74) is 0.742. The molecule has 2 rings (SSSR count). The quantitative estimate of drug-likeness (QED) is 0.463. The number of carbonyl (C=O) groups excluding carboxylic acids is 2. The van der Waals surface area contributed by atoms with Gasteiger partial charge in [-0.25, -0.2) is 14.6 Å². The predicted molar refractivity (Wildman–Crippen MR) is 109 cm³/mol. The first-order chi connectivity index (χ1) is 14.0. The van der Waals surface area contributed by atoms with Crippen LogP contribution in [0.3, 0.4) is 0 Å². The third-order valence-electron chi connectivity index (χ3n) is 3.99. The number of ether oxygens (including phenoxy) is 4. The van der Waals surface area contributed by atoms with Crippen molar-refractivity contribution in [1.29, 1.82) is 0 Å². The fourth-order valence-electron chi connectivity index (χ4n) is 2.49. The number of amides is 2. The highest BCUT2D eigenvalue weighted by molar-refractivity contribution is 7.09. The number of nitrogens with one attached hydrogen (secondary N) is 1. The van der Waals surface area contributed by atoms with E-state index in [-0.39, 0.29) is 18.3 Å². The highest BCUT2D eigenvalue weighted by Gasteiger charge is 2.19. The summed E-state index contributed by atoms with van der Waals surface area (Å²) < 4.78 is 20.3. The summed E-state index contributed by atoms with van der Waals surface area (Å²) in [6.07, 6.45) is 0.652. The van der Waals surface area contributed by atoms with E-state index in [0.717, 1.165) is 0 Å². The van der Waals surface area contributed by atoms with Crippen LogP contribution < -0.4 is 14.8 Å². The van der Waals surface area contributed by atoms with E-state index < -0.39 is 5.97 Å². The van der Waals surface area contributed by atoms with Crippen LogP contribution in [0.25, 0.3) is 0 Å². The number of hydrogen-bond acceptors (Lipinski definition) is 8. The number of rotatable bonds is 10. The maximum Gasteiger partial charge on any atom is 0.357 e. The number of hydrogen-bond donors (Lipinski definition) is 1. The molecular weight excluding hydrogens is 398 g/mol. The molecule has 0 aliphatic heterocycles. The van der Waals surface area contributed by atoms with Gasteiger partial charge in [-0.15, -0.1) is 11.3 Å². The Morgan fingerprint density at radius 2 is 1.97 bits per heavy atom. The molecule has 10 heteroatoms. The Labute approximate surface area is 173 Å². The minimum absolute atomic E-state index is 0.224. The molecule has 1 aromatic heterocycles. The van der Waals surface area contributed by atoms with E-state index in [1.165, 1.54) is 25.6 Å². The lowest BCUT2D eigenvalue weighted by molar-refractivity contribution is 0.0594. The Morgan fingerprint density at radius 3 is 2.62 bits per heavy atom. The number of anilines is 1. The zero-order valence-corrected chi connectivity index (χ0v) is 17.7. The molecule has 158 valence electrons. The molecule has 2 aromatic rings. The molecule has 0 bridgehead atoms. The third-order valence-corrected chi connectivity index (χ3v) is 4.82. The standard InChI is InChI=1S/C19H25N3O6S/c1-25-9-5-8-22(11-17-20-15(12-29-17)18(23)28-4)19(24)21-14-7-6-13(26-2)10-16(14)27-3/h6-7,10,12H,5,8-9,11H2,1-4H3,(H,21,24). The lowest BCUT2D eigenvalue weighted by atomic mass is 10.2. The second-order valence-electron chi connectivity index (χ2n) is 5.88. The van der Waals surface area contributed by atoms with E-state index in [0.29, 0.717) is 41.8 Å². The summed E-state index contributed by atoms with van der Waals surface area (Å²) in [5, 5.41) is 5.09. The Morgan fingerprint density at radius 1 is 1.17 bits per heavy atom. The first-order valence-electron chi connectivity index (χ1n) is 8.82. The van der Waals surface area contributed by atoms with Gasteiger partial charge >= 0.3 is 12.0 Å². The van der Waals surface area contributed by atoms with Gasteiger partial charge in [-0.1, -0.05) is 0 Å². The van der Waals surface area contributed by atoms with E-state index in [2.05, 4.69) is 15.0 Å². The first-order valence-corrected chi connectivity index (χ1v) is 9.70. The molecule has 1 aromatic carbocycles. The van der Waals surface area contributed by atoms with Gasteiger partial charge in [0.25, 0.3) is 0 Å². The number of nitrogens with zero attached hydrogens (tertiary/aromatic N) is 2. The van der Waals surface area contributed by atoms with Crippen LogP contribution in [-0.2, 0) is 16.0 Å². The van der Waals surface area contributed by atoms with E-state index in [1.807, 2.05) is 0 Å². The molecule has 9 nitrogen and oxygen atoms in total. The summed E-state index contributed by atoms with van der Waals surface area (Å²) in [5.74, 6) is 0.595. The van der Waals surface area contributed by atoms with E-state index >= 15 is 0 Å². The molecule has 0 radical (unpaired) electrons. The average Bonchev–Trinajstić information content (AvgIpc) is 3.21. The summed E-state index contributed by atoms with van der Waals surface area (Å²) in [4.78, 5) is 30.4. The fourth-order valence-corrected chi connectivity index (χ4v) is 3.27. The molecule has 0 unspecified atom stereocenters. The van der Waals surface area contributed by atoms with Gasteiger partial charge in [0.15, 0.2) is 5.69 Å². The first kappa shape index (κ1) is 22.4. The van der Waals surface area contributed by atoms with E-state index in [1.54, 1.807) is 42.7 Å². The molecule has 0 atom stereocenters. The summed E-state index contributed by atoms with van der Waals surface area (Å²) in [6.45, 7) is 1.21. The van der Waals surface area contributed by atoms with Crippen LogP contribution in [0, 0.1) is 0 Å². The van der Waals surface area contributed by atoms with Crippen LogP contribution in [-0.4, -0.2) is 63.5 Å². The minimum Gasteiger partial charge on any atom is -0.497 e. The number of aromatic nitrogens is 1. The number of urea groups is 1. The highest BCUT2D eigenvalue weighted by Crippen LogP contribution is 2.29. The van der Waals surface area contributed by atoms with Crippen LogP contribution in [0.4, 0.5) is 10.5 Å². The molecule has 0 saturated carbocycles. The van der Waals surface area contributed by atoms with Gasteiger partial charge < -0.3 is 29.2 Å². The number of esters is 1. The molecular formula is C19H25N3O6S. The fraction of sp³-hybridized carbons (Fsp3) is 0.421. The molecule has 1 N–H and O–H groups in total. The molecule has 0 fully saturated rings. The number of thiazole rings is 1. The van der Waals surface area contributed by atoms with Crippen molar-refractivity contribution in [2.45, 2.75) is 13.0 Å². The second kappa shape index (κ2) is 11.2. The zero-order valence-electron chi connectivity index (χ0n) is 16.9. The van der Waals surface area contributed by atoms with Crippen LogP contribution in [0.15, 0.2) is 23.6 Å². The Kier molecular flexibility index (Phi) is 8.68. The molecule has 1 heterocycles. The van der Waals surface area contributed by atoms with Crippen molar-refractivity contribution in [2.24, 2.45) is 0 Å². The monoisotopic (exact) mass is 423 g/mol. The molecule has 29 heavy (non-hydrogen) atoms. The van der Waals surface area contributed by atoms with Crippen molar-refractivity contribution in [3.8, 4) is 11.5 Å². The largest absolute Gasteiger partial charge is 0.497 e. The van der Waals surface area contributed by atoms with Crippen molar-refractivity contribution in [3.63, 3.8) is 0 Å². The summed E-state index contributed by atoms with van der Waals surface area (Å²) >= 11 is 1.29. The van der Waals surface area contributed by atoms with E-state index in [4.69, 9.17) is 14.2 Å². The third kappa shape index (κ3) is 6.33. The molecule has 0 spiro atoms. The molecule has 0 aliphatic rings. The summed E-state index contributed by atoms with van der Waals surface area (Å²) in [7, 11) is 5.98. The van der Waals surface area contributed by atoms with Crippen LogP contribution in [0.2, 0.25) is 0 Å². The Bertz CT molecular complexity index is 826. The van der Waals surface area contributed by atoms with Crippen LogP contribution >= 0.6 is 11.3 Å². The van der Waals surface area contributed by atoms with Gasteiger partial charge in [0.1, 0.15) is 16.5 Å². The SMILES string of the molecule is COCCCN(Cc1nc(C(=O)OC)cs1)C(=O)Nc1ccc(OC)cc1OC. The van der Waals surface area contributed by atoms with Gasteiger partial charge in [-0.2, -0.15) is 0 Å². The van der Waals surface area contributed by atoms with Gasteiger partial charge in [-0.05, 0) is 18.6 Å². The van der Waals surface area contributed by atoms with Gasteiger partial charge in [0.05, 0.1) is 33.6 Å². The Hall–Kier alpha value is -2.85. The molecule has 2 amide bonds. The van der Waals surface area contributed by atoms with Gasteiger partial charge in [-0.3, -0.25) is 0 Å². The number of benzene rings is 1. The normalized spacial score (nSPS) is 10.3. The van der Waals surface area contributed by atoms with Gasteiger partial charge in [0, 0.05) is 31.7 Å². The van der Waals surface area contributed by atoms with Crippen molar-refractivity contribution in [1.82, 2.24) is 9.88 Å². The molecule has 0 aliphatic carbocycles. The maximum absolute atomic E-state index is 12.9. The average molecular weight is 423 g/mol. The van der Waals surface area contributed by atoms with Crippen LogP contribution in [0.5, 0.6) is 11.5 Å². The lowest BCUT2D eigenvalue weighted by Crippen LogP contribution is -2.35. The topological polar surface area (TPSA) is 99.2 Å². The maximum atomic E-state index is 12.9. The number of carbonyl (C=O) groups is 2. The van der Waals surface area contributed by atoms with Crippen molar-refractivity contribution < 1.29 is 28.5 Å². The van der Waals surface area contributed by atoms with Gasteiger partial charge in [0.2, 0.25) is 0 Å².